The number of aliphatic carboxylic acids is 1. The van der Waals surface area contributed by atoms with Gasteiger partial charge < -0.3 is 14.6 Å². The molecule has 26 heavy (non-hydrogen) atoms. The SMILES string of the molecule is COc1cccc(/C=N\NC(=O)c2ccc(C)cc2)c1O[C@@H](C)C(=O)O. The first-order valence-electron chi connectivity index (χ1n) is 7.89. The van der Waals surface area contributed by atoms with E-state index in [0.29, 0.717) is 16.9 Å². The number of nitrogens with one attached hydrogen (secondary N) is 1. The fourth-order valence-electron chi connectivity index (χ4n) is 2.08. The Morgan fingerprint density at radius 3 is 2.50 bits per heavy atom. The molecule has 2 aromatic carbocycles. The zero-order valence-electron chi connectivity index (χ0n) is 14.7. The van der Waals surface area contributed by atoms with E-state index in [1.807, 2.05) is 19.1 Å². The van der Waals surface area contributed by atoms with Gasteiger partial charge in [0, 0.05) is 11.1 Å². The van der Waals surface area contributed by atoms with Gasteiger partial charge >= 0.3 is 5.97 Å². The molecule has 0 saturated heterocycles. The summed E-state index contributed by atoms with van der Waals surface area (Å²) in [5.41, 5.74) is 4.43. The molecule has 0 heterocycles. The zero-order valence-corrected chi connectivity index (χ0v) is 14.7. The van der Waals surface area contributed by atoms with Crippen LogP contribution in [-0.4, -0.2) is 36.4 Å². The number of carboxylic acid groups (broad SMARTS) is 1. The minimum absolute atomic E-state index is 0.234. The molecular weight excluding hydrogens is 336 g/mol. The Labute approximate surface area is 151 Å². The number of hydrazone groups is 1. The fourth-order valence-corrected chi connectivity index (χ4v) is 2.08. The number of hydrogen-bond donors (Lipinski definition) is 2. The van der Waals surface area contributed by atoms with Crippen molar-refractivity contribution in [1.82, 2.24) is 5.43 Å². The van der Waals surface area contributed by atoms with Crippen LogP contribution >= 0.6 is 0 Å². The van der Waals surface area contributed by atoms with Gasteiger partial charge in [-0.05, 0) is 38.1 Å². The smallest absolute Gasteiger partial charge is 0.344 e. The molecule has 2 aromatic rings. The Morgan fingerprint density at radius 2 is 1.88 bits per heavy atom. The van der Waals surface area contributed by atoms with Gasteiger partial charge in [0.25, 0.3) is 5.91 Å². The molecule has 1 amide bonds. The molecule has 7 nitrogen and oxygen atoms in total. The second kappa shape index (κ2) is 8.66. The van der Waals surface area contributed by atoms with Crippen LogP contribution in [0.4, 0.5) is 0 Å². The average molecular weight is 356 g/mol. The van der Waals surface area contributed by atoms with Gasteiger partial charge in [0.1, 0.15) is 0 Å². The van der Waals surface area contributed by atoms with Crippen molar-refractivity contribution in [3.8, 4) is 11.5 Å². The molecular formula is C19H20N2O5. The maximum Gasteiger partial charge on any atom is 0.344 e. The third-order valence-corrected chi connectivity index (χ3v) is 3.56. The Morgan fingerprint density at radius 1 is 1.19 bits per heavy atom. The van der Waals surface area contributed by atoms with Gasteiger partial charge in [-0.1, -0.05) is 23.8 Å². The van der Waals surface area contributed by atoms with Crippen LogP contribution in [0.2, 0.25) is 0 Å². The van der Waals surface area contributed by atoms with Crippen molar-refractivity contribution >= 4 is 18.1 Å². The Hall–Kier alpha value is -3.35. The van der Waals surface area contributed by atoms with Crippen LogP contribution in [0.5, 0.6) is 11.5 Å². The first-order valence-corrected chi connectivity index (χ1v) is 7.89. The minimum Gasteiger partial charge on any atom is -0.493 e. The van der Waals surface area contributed by atoms with Crippen molar-refractivity contribution in [3.63, 3.8) is 0 Å². The molecule has 2 rings (SSSR count). The highest BCUT2D eigenvalue weighted by Crippen LogP contribution is 2.31. The number of carbonyl (C=O) groups excluding carboxylic acids is 1. The Balaban J connectivity index is 2.17. The van der Waals surface area contributed by atoms with Crippen molar-refractivity contribution < 1.29 is 24.2 Å². The third kappa shape index (κ3) is 4.83. The maximum absolute atomic E-state index is 12.1. The predicted molar refractivity (Wildman–Crippen MR) is 97.0 cm³/mol. The molecule has 0 aliphatic heterocycles. The van der Waals surface area contributed by atoms with Crippen LogP contribution in [0.3, 0.4) is 0 Å². The molecule has 0 saturated carbocycles. The van der Waals surface area contributed by atoms with Crippen LogP contribution in [-0.2, 0) is 4.79 Å². The van der Waals surface area contributed by atoms with Crippen molar-refractivity contribution in [2.45, 2.75) is 20.0 Å². The van der Waals surface area contributed by atoms with Gasteiger partial charge in [-0.25, -0.2) is 10.2 Å². The van der Waals surface area contributed by atoms with Crippen LogP contribution in [0.15, 0.2) is 47.6 Å². The lowest BCUT2D eigenvalue weighted by Crippen LogP contribution is -2.24. The fraction of sp³-hybridized carbons (Fsp3) is 0.211. The summed E-state index contributed by atoms with van der Waals surface area (Å²) in [6, 6.07) is 12.1. The number of benzene rings is 2. The summed E-state index contributed by atoms with van der Waals surface area (Å²) in [5.74, 6) is -0.859. The predicted octanol–water partition coefficient (Wildman–Crippen LogP) is 2.62. The Bertz CT molecular complexity index is 815. The van der Waals surface area contributed by atoms with E-state index in [-0.39, 0.29) is 11.7 Å². The number of carbonyl (C=O) groups is 2. The largest absolute Gasteiger partial charge is 0.493 e. The lowest BCUT2D eigenvalue weighted by atomic mass is 10.1. The van der Waals surface area contributed by atoms with Crippen LogP contribution < -0.4 is 14.9 Å². The summed E-state index contributed by atoms with van der Waals surface area (Å²) in [6.07, 6.45) is 0.305. The number of rotatable bonds is 7. The highest BCUT2D eigenvalue weighted by molar-refractivity contribution is 5.95. The molecule has 7 heteroatoms. The van der Waals surface area contributed by atoms with Gasteiger partial charge in [0.2, 0.25) is 0 Å². The van der Waals surface area contributed by atoms with E-state index in [1.54, 1.807) is 30.3 Å². The van der Waals surface area contributed by atoms with E-state index < -0.39 is 12.1 Å². The van der Waals surface area contributed by atoms with Crippen molar-refractivity contribution in [2.75, 3.05) is 7.11 Å². The van der Waals surface area contributed by atoms with Crippen molar-refractivity contribution in [1.29, 1.82) is 0 Å². The summed E-state index contributed by atoms with van der Waals surface area (Å²) in [5, 5.41) is 13.0. The van der Waals surface area contributed by atoms with E-state index in [0.717, 1.165) is 5.56 Å². The third-order valence-electron chi connectivity index (χ3n) is 3.56. The van der Waals surface area contributed by atoms with E-state index >= 15 is 0 Å². The van der Waals surface area contributed by atoms with Gasteiger partial charge in [-0.3, -0.25) is 4.79 Å². The summed E-state index contributed by atoms with van der Waals surface area (Å²) in [6.45, 7) is 3.34. The lowest BCUT2D eigenvalue weighted by Gasteiger charge is -2.15. The van der Waals surface area contributed by atoms with Crippen LogP contribution in [0.25, 0.3) is 0 Å². The molecule has 0 fully saturated rings. The van der Waals surface area contributed by atoms with Gasteiger partial charge in [-0.2, -0.15) is 5.10 Å². The summed E-state index contributed by atoms with van der Waals surface area (Å²) >= 11 is 0. The van der Waals surface area contributed by atoms with Gasteiger partial charge in [0.05, 0.1) is 13.3 Å². The van der Waals surface area contributed by atoms with Crippen molar-refractivity contribution in [3.05, 3.63) is 59.2 Å². The maximum atomic E-state index is 12.1. The first-order chi connectivity index (χ1) is 12.4. The highest BCUT2D eigenvalue weighted by atomic mass is 16.5. The standard InChI is InChI=1S/C19H20N2O5/c1-12-7-9-14(10-8-12)18(22)21-20-11-15-5-4-6-16(25-3)17(15)26-13(2)19(23)24/h4-11,13H,1-3H3,(H,21,22)(H,23,24)/b20-11-/t13-/m0/s1. The zero-order chi connectivity index (χ0) is 19.1. The van der Waals surface area contributed by atoms with E-state index in [1.165, 1.54) is 20.2 Å². The highest BCUT2D eigenvalue weighted by Gasteiger charge is 2.18. The molecule has 0 bridgehead atoms. The number of hydrogen-bond acceptors (Lipinski definition) is 5. The van der Waals surface area contributed by atoms with Crippen LogP contribution in [0, 0.1) is 6.92 Å². The number of para-hydroxylation sites is 1. The van der Waals surface area contributed by atoms with Gasteiger partial charge in [-0.15, -0.1) is 0 Å². The van der Waals surface area contributed by atoms with E-state index in [4.69, 9.17) is 14.6 Å². The molecule has 0 aromatic heterocycles. The number of nitrogens with zero attached hydrogens (tertiary/aromatic N) is 1. The molecule has 1 atom stereocenters. The minimum atomic E-state index is -1.11. The summed E-state index contributed by atoms with van der Waals surface area (Å²) in [7, 11) is 1.45. The average Bonchev–Trinajstić information content (AvgIpc) is 2.63. The quantitative estimate of drug-likeness (QED) is 0.587. The number of aryl methyl sites for hydroxylation is 1. The summed E-state index contributed by atoms with van der Waals surface area (Å²) < 4.78 is 10.7. The topological polar surface area (TPSA) is 97.2 Å². The molecule has 0 spiro atoms. The second-order valence-corrected chi connectivity index (χ2v) is 5.54. The molecule has 0 aliphatic carbocycles. The summed E-state index contributed by atoms with van der Waals surface area (Å²) in [4.78, 5) is 23.1. The number of ether oxygens (including phenoxy) is 2. The second-order valence-electron chi connectivity index (χ2n) is 5.54. The normalized spacial score (nSPS) is 11.8. The molecule has 0 radical (unpaired) electrons. The van der Waals surface area contributed by atoms with E-state index in [2.05, 4.69) is 10.5 Å². The van der Waals surface area contributed by atoms with Gasteiger partial charge in [0.15, 0.2) is 17.6 Å². The monoisotopic (exact) mass is 356 g/mol. The molecule has 2 N–H and O–H groups in total. The first kappa shape index (κ1) is 19.0. The van der Waals surface area contributed by atoms with E-state index in [9.17, 15) is 9.59 Å². The Kier molecular flexibility index (Phi) is 6.32. The van der Waals surface area contributed by atoms with Crippen LogP contribution in [0.1, 0.15) is 28.4 Å². The molecule has 136 valence electrons. The lowest BCUT2D eigenvalue weighted by molar-refractivity contribution is -0.144. The molecule has 0 unspecified atom stereocenters. The number of methoxy groups -OCH3 is 1. The van der Waals surface area contributed by atoms with Crippen molar-refractivity contribution in [2.24, 2.45) is 5.10 Å². The molecule has 0 aliphatic rings. The number of amides is 1. The number of carboxylic acids is 1.